The Labute approximate surface area is 186 Å². The lowest BCUT2D eigenvalue weighted by Crippen LogP contribution is -2.44. The highest BCUT2D eigenvalue weighted by Crippen LogP contribution is 2.25. The first-order chi connectivity index (χ1) is 15.2. The molecule has 1 heterocycles. The Morgan fingerprint density at radius 1 is 1.19 bits per heavy atom. The number of carbonyl (C=O) groups is 1. The first-order valence-electron chi connectivity index (χ1n) is 10.2. The molecule has 1 saturated heterocycles. The van der Waals surface area contributed by atoms with E-state index in [4.69, 9.17) is 4.74 Å². The molecule has 0 aliphatic carbocycles. The van der Waals surface area contributed by atoms with Crippen molar-refractivity contribution in [3.05, 3.63) is 70.8 Å². The maximum absolute atomic E-state index is 14.1. The number of hydroxylamine groups is 2. The lowest BCUT2D eigenvalue weighted by Gasteiger charge is -2.33. The molecule has 2 aromatic carbocycles. The van der Waals surface area contributed by atoms with Crippen molar-refractivity contribution in [3.63, 3.8) is 0 Å². The minimum Gasteiger partial charge on any atom is -0.373 e. The molecule has 2 aromatic rings. The fourth-order valence-electron chi connectivity index (χ4n) is 3.70. The van der Waals surface area contributed by atoms with E-state index in [1.807, 2.05) is 0 Å². The summed E-state index contributed by atoms with van der Waals surface area (Å²) in [7, 11) is -3.80. The molecule has 1 aliphatic rings. The van der Waals surface area contributed by atoms with Crippen LogP contribution in [-0.2, 0) is 26.2 Å². The molecule has 0 bridgehead atoms. The van der Waals surface area contributed by atoms with Gasteiger partial charge < -0.3 is 4.74 Å². The summed E-state index contributed by atoms with van der Waals surface area (Å²) in [5, 5.41) is 10.3. The molecule has 1 amide bonds. The maximum atomic E-state index is 14.1. The minimum atomic E-state index is -3.80. The summed E-state index contributed by atoms with van der Waals surface area (Å²) in [5.74, 6) is -1.79. The van der Waals surface area contributed by atoms with E-state index in [0.29, 0.717) is 29.0 Å². The van der Waals surface area contributed by atoms with Crippen molar-refractivity contribution in [1.82, 2.24) is 9.37 Å². The predicted octanol–water partition coefficient (Wildman–Crippen LogP) is 3.17. The maximum Gasteiger partial charge on any atom is 0.233 e. The average Bonchev–Trinajstić information content (AvgIpc) is 2.80. The van der Waals surface area contributed by atoms with Gasteiger partial charge in [-0.2, -0.15) is 0 Å². The van der Waals surface area contributed by atoms with E-state index in [1.54, 1.807) is 37.3 Å². The number of hydrogen-bond acceptors (Lipinski definition) is 5. The van der Waals surface area contributed by atoms with E-state index in [2.05, 4.69) is 0 Å². The quantitative estimate of drug-likeness (QED) is 0.347. The predicted molar refractivity (Wildman–Crippen MR) is 113 cm³/mol. The number of amides is 1. The van der Waals surface area contributed by atoms with Crippen molar-refractivity contribution in [2.75, 3.05) is 18.8 Å². The van der Waals surface area contributed by atoms with E-state index < -0.39 is 33.5 Å². The zero-order valence-corrected chi connectivity index (χ0v) is 18.5. The second kappa shape index (κ2) is 10.5. The van der Waals surface area contributed by atoms with Crippen molar-refractivity contribution in [3.8, 4) is 0 Å². The van der Waals surface area contributed by atoms with Crippen LogP contribution < -0.4 is 0 Å². The van der Waals surface area contributed by atoms with Gasteiger partial charge in [-0.15, -0.1) is 0 Å². The molecule has 10 heteroatoms. The summed E-state index contributed by atoms with van der Waals surface area (Å²) in [6.45, 7) is 1.65. The molecule has 1 fully saturated rings. The highest BCUT2D eigenvalue weighted by Gasteiger charge is 2.33. The highest BCUT2D eigenvalue weighted by atomic mass is 32.2. The normalized spacial score (nSPS) is 16.6. The molecule has 0 spiro atoms. The molecule has 3 rings (SSSR count). The molecule has 0 radical (unpaired) electrons. The van der Waals surface area contributed by atoms with Crippen molar-refractivity contribution < 1.29 is 31.9 Å². The molecule has 0 aromatic heterocycles. The molecular formula is C22H26F2N2O5S. The van der Waals surface area contributed by atoms with Crippen LogP contribution in [0.4, 0.5) is 8.78 Å². The van der Waals surface area contributed by atoms with Gasteiger partial charge in [-0.1, -0.05) is 36.4 Å². The Morgan fingerprint density at radius 3 is 2.47 bits per heavy atom. The van der Waals surface area contributed by atoms with Crippen molar-refractivity contribution in [2.24, 2.45) is 0 Å². The smallest absolute Gasteiger partial charge is 0.233 e. The van der Waals surface area contributed by atoms with E-state index >= 15 is 0 Å². The first kappa shape index (κ1) is 24.2. The van der Waals surface area contributed by atoms with E-state index in [0.717, 1.165) is 0 Å². The monoisotopic (exact) mass is 468 g/mol. The van der Waals surface area contributed by atoms with Crippen LogP contribution in [0, 0.1) is 18.6 Å². The van der Waals surface area contributed by atoms with Gasteiger partial charge >= 0.3 is 0 Å². The number of carbonyl (C=O) groups excluding carboxylic acids is 1. The third kappa shape index (κ3) is 5.69. The lowest BCUT2D eigenvalue weighted by atomic mass is 10.1. The van der Waals surface area contributed by atoms with E-state index in [9.17, 15) is 27.2 Å². The summed E-state index contributed by atoms with van der Waals surface area (Å²) in [6.07, 6.45) is 0.563. The molecule has 1 unspecified atom stereocenters. The number of piperidine rings is 1. The zero-order valence-electron chi connectivity index (χ0n) is 17.7. The Balaban J connectivity index is 1.60. The van der Waals surface area contributed by atoms with Gasteiger partial charge in [-0.3, -0.25) is 10.0 Å². The summed E-state index contributed by atoms with van der Waals surface area (Å²) < 4.78 is 60.8. The van der Waals surface area contributed by atoms with Gasteiger partial charge in [0, 0.05) is 18.7 Å². The second-order valence-electron chi connectivity index (χ2n) is 7.76. The fourth-order valence-corrected chi connectivity index (χ4v) is 5.43. The van der Waals surface area contributed by atoms with Gasteiger partial charge in [0.1, 0.15) is 11.6 Å². The first-order valence-corrected chi connectivity index (χ1v) is 11.8. The molecule has 174 valence electrons. The van der Waals surface area contributed by atoms with Crippen LogP contribution in [0.1, 0.15) is 35.6 Å². The Bertz CT molecular complexity index is 1030. The third-order valence-corrected chi connectivity index (χ3v) is 7.51. The summed E-state index contributed by atoms with van der Waals surface area (Å²) in [4.78, 5) is 11.1. The Kier molecular flexibility index (Phi) is 7.94. The van der Waals surface area contributed by atoms with Crippen LogP contribution in [0.3, 0.4) is 0 Å². The zero-order chi connectivity index (χ0) is 23.3. The average molecular weight is 469 g/mol. The summed E-state index contributed by atoms with van der Waals surface area (Å²) in [6, 6.07) is 9.91. The van der Waals surface area contributed by atoms with Crippen molar-refractivity contribution in [1.29, 1.82) is 0 Å². The van der Waals surface area contributed by atoms with Crippen LogP contribution in [-0.4, -0.2) is 54.3 Å². The number of hydrogen-bond donors (Lipinski definition) is 1. The molecule has 0 saturated carbocycles. The molecular weight excluding hydrogens is 442 g/mol. The van der Waals surface area contributed by atoms with Gasteiger partial charge in [0.15, 0.2) is 0 Å². The number of nitrogens with zero attached hydrogens (tertiary/aromatic N) is 2. The number of aryl methyl sites for hydroxylation is 1. The molecule has 7 nitrogen and oxygen atoms in total. The third-order valence-electron chi connectivity index (χ3n) is 5.62. The van der Waals surface area contributed by atoms with Gasteiger partial charge in [-0.25, -0.2) is 26.6 Å². The Morgan fingerprint density at radius 2 is 1.84 bits per heavy atom. The molecule has 1 atom stereocenters. The van der Waals surface area contributed by atoms with Gasteiger partial charge in [0.25, 0.3) is 0 Å². The summed E-state index contributed by atoms with van der Waals surface area (Å²) >= 11 is 0. The highest BCUT2D eigenvalue weighted by molar-refractivity contribution is 7.89. The van der Waals surface area contributed by atoms with Gasteiger partial charge in [0.2, 0.25) is 16.4 Å². The van der Waals surface area contributed by atoms with Crippen LogP contribution in [0.5, 0.6) is 0 Å². The largest absolute Gasteiger partial charge is 0.373 e. The Hall–Kier alpha value is -2.40. The topological polar surface area (TPSA) is 87.2 Å². The fraction of sp³-hybridized carbons (Fsp3) is 0.409. The van der Waals surface area contributed by atoms with Crippen molar-refractivity contribution >= 4 is 16.4 Å². The van der Waals surface area contributed by atoms with Crippen LogP contribution in [0.15, 0.2) is 42.5 Å². The van der Waals surface area contributed by atoms with Gasteiger partial charge in [-0.05, 0) is 37.0 Å². The van der Waals surface area contributed by atoms with Crippen molar-refractivity contribution in [2.45, 2.75) is 38.5 Å². The molecule has 1 N–H and O–H groups in total. The molecule has 1 aliphatic heterocycles. The van der Waals surface area contributed by atoms with E-state index in [1.165, 1.54) is 16.4 Å². The summed E-state index contributed by atoms with van der Waals surface area (Å²) in [5.41, 5.74) is 0.681. The lowest BCUT2D eigenvalue weighted by molar-refractivity contribution is -0.159. The second-order valence-corrected chi connectivity index (χ2v) is 9.77. The number of ether oxygens (including phenoxy) is 1. The van der Waals surface area contributed by atoms with Gasteiger partial charge in [0.05, 0.1) is 24.5 Å². The number of rotatable bonds is 9. The number of sulfonamides is 1. The number of halogens is 2. The number of benzene rings is 2. The van der Waals surface area contributed by atoms with E-state index in [-0.39, 0.29) is 37.8 Å². The SMILES string of the molecule is Cc1ccc(F)c(COC2CCN(S(=O)(=O)CC(c3ccccc3)N(O)C=O)CC2)c1F. The van der Waals surface area contributed by atoms with Crippen LogP contribution in [0.2, 0.25) is 0 Å². The van der Waals surface area contributed by atoms with Crippen LogP contribution in [0.25, 0.3) is 0 Å². The molecule has 32 heavy (non-hydrogen) atoms. The standard InChI is InChI=1S/C22H26F2N2O5S/c1-16-7-8-20(23)19(22(16)24)13-31-18-9-11-25(12-10-18)32(29,30)14-21(26(28)15-27)17-5-3-2-4-6-17/h2-8,15,18,21,28H,9-14H2,1H3. The minimum absolute atomic E-state index is 0.136. The van der Waals surface area contributed by atoms with Crippen LogP contribution >= 0.6 is 0 Å².